The van der Waals surface area contributed by atoms with E-state index < -0.39 is 20.9 Å². The lowest BCUT2D eigenvalue weighted by molar-refractivity contribution is -0.384. The van der Waals surface area contributed by atoms with Gasteiger partial charge in [-0.1, -0.05) is 23.8 Å². The number of carbonyl (C=O) groups excluding carboxylic acids is 1. The molecule has 1 N–H and O–H groups in total. The van der Waals surface area contributed by atoms with Gasteiger partial charge in [-0.3, -0.25) is 14.9 Å². The molecule has 0 aliphatic carbocycles. The Morgan fingerprint density at radius 1 is 1.17 bits per heavy atom. The van der Waals surface area contributed by atoms with Crippen LogP contribution >= 0.6 is 0 Å². The first-order valence-corrected chi connectivity index (χ1v) is 10.8. The van der Waals surface area contributed by atoms with Crippen LogP contribution in [0.3, 0.4) is 0 Å². The lowest BCUT2D eigenvalue weighted by Crippen LogP contribution is -2.43. The van der Waals surface area contributed by atoms with Gasteiger partial charge in [-0.15, -0.1) is 0 Å². The number of aryl methyl sites for hydroxylation is 2. The molecular formula is C20H23N3O5S. The van der Waals surface area contributed by atoms with Crippen LogP contribution in [0.4, 0.5) is 11.4 Å². The number of anilines is 1. The molecule has 0 aromatic heterocycles. The zero-order chi connectivity index (χ0) is 21.2. The Kier molecular flexibility index (Phi) is 5.99. The summed E-state index contributed by atoms with van der Waals surface area (Å²) in [7, 11) is -3.68. The molecule has 8 nitrogen and oxygen atoms in total. The lowest BCUT2D eigenvalue weighted by atomic mass is 9.98. The van der Waals surface area contributed by atoms with Crippen molar-refractivity contribution >= 4 is 27.3 Å². The Bertz CT molecular complexity index is 1030. The molecule has 1 aliphatic rings. The number of nitro groups is 1. The number of hydrogen-bond donors (Lipinski definition) is 1. The standard InChI is InChI=1S/C20H23N3O5S/c1-14-5-9-18(10-6-14)29(27,28)22-11-3-4-16(13-22)20(24)21-19-12-17(23(25)26)8-7-15(19)2/h5-10,12,16H,3-4,11,13H2,1-2H3,(H,21,24)/t16-/m1/s1. The van der Waals surface area contributed by atoms with E-state index in [1.54, 1.807) is 37.3 Å². The third-order valence-electron chi connectivity index (χ3n) is 5.10. The molecule has 1 aliphatic heterocycles. The maximum atomic E-state index is 12.9. The lowest BCUT2D eigenvalue weighted by Gasteiger charge is -2.31. The Balaban J connectivity index is 1.75. The highest BCUT2D eigenvalue weighted by Gasteiger charge is 2.33. The maximum absolute atomic E-state index is 12.9. The van der Waals surface area contributed by atoms with Crippen molar-refractivity contribution < 1.29 is 18.1 Å². The van der Waals surface area contributed by atoms with Crippen molar-refractivity contribution in [2.45, 2.75) is 31.6 Å². The van der Waals surface area contributed by atoms with Crippen molar-refractivity contribution in [3.63, 3.8) is 0 Å². The minimum Gasteiger partial charge on any atom is -0.325 e. The number of nitro benzene ring substituents is 1. The smallest absolute Gasteiger partial charge is 0.271 e. The van der Waals surface area contributed by atoms with Gasteiger partial charge in [-0.05, 0) is 44.4 Å². The molecule has 0 spiro atoms. The molecule has 1 heterocycles. The van der Waals surface area contributed by atoms with Gasteiger partial charge in [-0.25, -0.2) is 8.42 Å². The van der Waals surface area contributed by atoms with E-state index in [0.29, 0.717) is 30.6 Å². The number of nitrogens with zero attached hydrogens (tertiary/aromatic N) is 2. The average molecular weight is 417 g/mol. The van der Waals surface area contributed by atoms with E-state index in [2.05, 4.69) is 5.32 Å². The van der Waals surface area contributed by atoms with Crippen molar-refractivity contribution in [1.82, 2.24) is 4.31 Å². The largest absolute Gasteiger partial charge is 0.325 e. The molecule has 9 heteroatoms. The second kappa shape index (κ2) is 8.30. The van der Waals surface area contributed by atoms with Crippen LogP contribution in [-0.4, -0.2) is 36.6 Å². The molecule has 1 atom stereocenters. The zero-order valence-electron chi connectivity index (χ0n) is 16.3. The molecule has 0 radical (unpaired) electrons. The SMILES string of the molecule is Cc1ccc(S(=O)(=O)N2CCC[C@@H](C(=O)Nc3cc([N+](=O)[O-])ccc3C)C2)cc1. The zero-order valence-corrected chi connectivity index (χ0v) is 17.1. The summed E-state index contributed by atoms with van der Waals surface area (Å²) in [5.41, 5.74) is 1.91. The minimum atomic E-state index is -3.68. The third kappa shape index (κ3) is 4.63. The molecule has 2 aromatic carbocycles. The second-order valence-electron chi connectivity index (χ2n) is 7.26. The van der Waals surface area contributed by atoms with Gasteiger partial charge in [0.25, 0.3) is 5.69 Å². The van der Waals surface area contributed by atoms with Gasteiger partial charge >= 0.3 is 0 Å². The van der Waals surface area contributed by atoms with Gasteiger partial charge in [-0.2, -0.15) is 4.31 Å². The summed E-state index contributed by atoms with van der Waals surface area (Å²) in [5.74, 6) is -0.861. The summed E-state index contributed by atoms with van der Waals surface area (Å²) < 4.78 is 27.2. The first-order valence-electron chi connectivity index (χ1n) is 9.31. The molecule has 1 fully saturated rings. The molecule has 0 saturated carbocycles. The number of carbonyl (C=O) groups is 1. The number of rotatable bonds is 5. The van der Waals surface area contributed by atoms with Gasteiger partial charge in [0.2, 0.25) is 15.9 Å². The summed E-state index contributed by atoms with van der Waals surface area (Å²) in [6, 6.07) is 10.9. The number of nitrogens with one attached hydrogen (secondary N) is 1. The van der Waals surface area contributed by atoms with E-state index in [1.165, 1.54) is 16.4 Å². The van der Waals surface area contributed by atoms with E-state index in [1.807, 2.05) is 6.92 Å². The summed E-state index contributed by atoms with van der Waals surface area (Å²) >= 11 is 0. The van der Waals surface area contributed by atoms with Crippen molar-refractivity contribution in [3.05, 3.63) is 63.7 Å². The van der Waals surface area contributed by atoms with Crippen molar-refractivity contribution in [2.75, 3.05) is 18.4 Å². The van der Waals surface area contributed by atoms with E-state index in [4.69, 9.17) is 0 Å². The fraction of sp³-hybridized carbons (Fsp3) is 0.350. The number of piperidine rings is 1. The molecular weight excluding hydrogens is 394 g/mol. The molecule has 2 aromatic rings. The Hall–Kier alpha value is -2.78. The maximum Gasteiger partial charge on any atom is 0.271 e. The fourth-order valence-electron chi connectivity index (χ4n) is 3.33. The second-order valence-corrected chi connectivity index (χ2v) is 9.20. The number of non-ortho nitro benzene ring substituents is 1. The molecule has 154 valence electrons. The highest BCUT2D eigenvalue weighted by molar-refractivity contribution is 7.89. The van der Waals surface area contributed by atoms with Crippen molar-refractivity contribution in [2.24, 2.45) is 5.92 Å². The van der Waals surface area contributed by atoms with E-state index >= 15 is 0 Å². The number of hydrogen-bond acceptors (Lipinski definition) is 5. The highest BCUT2D eigenvalue weighted by Crippen LogP contribution is 2.27. The molecule has 0 unspecified atom stereocenters. The summed E-state index contributed by atoms with van der Waals surface area (Å²) in [4.78, 5) is 23.4. The van der Waals surface area contributed by atoms with Gasteiger partial charge in [0.05, 0.1) is 21.4 Å². The Labute approximate surface area is 169 Å². The fourth-order valence-corrected chi connectivity index (χ4v) is 4.85. The van der Waals surface area contributed by atoms with Crippen LogP contribution in [0, 0.1) is 29.9 Å². The summed E-state index contributed by atoms with van der Waals surface area (Å²) in [6.07, 6.45) is 1.12. The summed E-state index contributed by atoms with van der Waals surface area (Å²) in [6.45, 7) is 4.06. The van der Waals surface area contributed by atoms with Gasteiger partial charge in [0.1, 0.15) is 0 Å². The molecule has 1 saturated heterocycles. The molecule has 3 rings (SSSR count). The predicted molar refractivity (Wildman–Crippen MR) is 109 cm³/mol. The number of amides is 1. The number of benzene rings is 2. The third-order valence-corrected chi connectivity index (χ3v) is 6.98. The van der Waals surface area contributed by atoms with Crippen molar-refractivity contribution in [1.29, 1.82) is 0 Å². The van der Waals surface area contributed by atoms with E-state index in [9.17, 15) is 23.3 Å². The van der Waals surface area contributed by atoms with Crippen LogP contribution in [0.1, 0.15) is 24.0 Å². The normalized spacial score (nSPS) is 17.7. The van der Waals surface area contributed by atoms with Crippen LogP contribution in [0.25, 0.3) is 0 Å². The Morgan fingerprint density at radius 2 is 1.86 bits per heavy atom. The number of sulfonamides is 1. The first-order chi connectivity index (χ1) is 13.7. The van der Waals surface area contributed by atoms with Gasteiger partial charge in [0, 0.05) is 25.2 Å². The summed E-state index contributed by atoms with van der Waals surface area (Å²) in [5, 5.41) is 13.7. The Morgan fingerprint density at radius 3 is 2.52 bits per heavy atom. The van der Waals surface area contributed by atoms with Crippen LogP contribution in [-0.2, 0) is 14.8 Å². The monoisotopic (exact) mass is 417 g/mol. The van der Waals surface area contributed by atoms with Crippen LogP contribution in [0.2, 0.25) is 0 Å². The topological polar surface area (TPSA) is 110 Å². The molecule has 29 heavy (non-hydrogen) atoms. The van der Waals surface area contributed by atoms with Crippen LogP contribution in [0.5, 0.6) is 0 Å². The van der Waals surface area contributed by atoms with Gasteiger partial charge < -0.3 is 5.32 Å². The predicted octanol–water partition coefficient (Wildman–Crippen LogP) is 3.25. The van der Waals surface area contributed by atoms with E-state index in [-0.39, 0.29) is 23.0 Å². The minimum absolute atomic E-state index is 0.0794. The average Bonchev–Trinajstić information content (AvgIpc) is 2.70. The quantitative estimate of drug-likeness (QED) is 0.593. The van der Waals surface area contributed by atoms with E-state index in [0.717, 1.165) is 5.56 Å². The van der Waals surface area contributed by atoms with Gasteiger partial charge in [0.15, 0.2) is 0 Å². The van der Waals surface area contributed by atoms with Crippen LogP contribution in [0.15, 0.2) is 47.4 Å². The molecule has 0 bridgehead atoms. The highest BCUT2D eigenvalue weighted by atomic mass is 32.2. The first kappa shape index (κ1) is 20.9. The van der Waals surface area contributed by atoms with Crippen LogP contribution < -0.4 is 5.32 Å². The molecule has 1 amide bonds. The van der Waals surface area contributed by atoms with Crippen molar-refractivity contribution in [3.8, 4) is 0 Å².